The average Bonchev–Trinajstić information content (AvgIpc) is 3.15. The molecule has 0 aromatic carbocycles. The van der Waals surface area contributed by atoms with Crippen LogP contribution in [0, 0.1) is 22.2 Å². The Balaban J connectivity index is 5.68. The molecule has 4 heteroatoms. The van der Waals surface area contributed by atoms with Gasteiger partial charge in [-0.1, -0.05) is 229 Å². The Morgan fingerprint density at radius 3 is 1.00 bits per heavy atom. The Hall–Kier alpha value is -0.580. The van der Waals surface area contributed by atoms with Crippen LogP contribution in [0.2, 0.25) is 0 Å². The van der Waals surface area contributed by atoms with Gasteiger partial charge in [0.1, 0.15) is 0 Å². The molecule has 0 aromatic heterocycles. The topological polar surface area (TPSA) is 36.9 Å². The zero-order valence-electron chi connectivity index (χ0n) is 42.5. The van der Waals surface area contributed by atoms with Gasteiger partial charge < -0.3 is 18.9 Å². The lowest BCUT2D eigenvalue weighted by Crippen LogP contribution is -2.47. The Morgan fingerprint density at radius 2 is 0.661 bits per heavy atom. The Labute approximate surface area is 372 Å². The number of hydrogen-bond donors (Lipinski definition) is 0. The average molecular weight is 835 g/mol. The van der Waals surface area contributed by atoms with Crippen LogP contribution >= 0.6 is 0 Å². The monoisotopic (exact) mass is 835 g/mol. The number of hydrogen-bond acceptors (Lipinski definition) is 4. The Bertz CT molecular complexity index is 807. The normalized spacial score (nSPS) is 13.5. The van der Waals surface area contributed by atoms with E-state index in [0.29, 0.717) is 16.2 Å². The van der Waals surface area contributed by atoms with Crippen LogP contribution in [-0.4, -0.2) is 32.4 Å². The predicted octanol–water partition coefficient (Wildman–Crippen LogP) is 18.9. The smallest absolute Gasteiger partial charge is 0.285 e. The van der Waals surface area contributed by atoms with Crippen LogP contribution in [0.4, 0.5) is 0 Å². The molecule has 0 aliphatic heterocycles. The van der Waals surface area contributed by atoms with E-state index in [-0.39, 0.29) is 5.92 Å². The van der Waals surface area contributed by atoms with Gasteiger partial charge in [-0.3, -0.25) is 0 Å². The molecule has 354 valence electrons. The van der Waals surface area contributed by atoms with Gasteiger partial charge in [0.05, 0.1) is 32.7 Å². The van der Waals surface area contributed by atoms with Crippen LogP contribution in [0.5, 0.6) is 0 Å². The van der Waals surface area contributed by atoms with E-state index in [0.717, 1.165) is 65.0 Å². The van der Waals surface area contributed by atoms with Gasteiger partial charge in [0.2, 0.25) is 0 Å². The van der Waals surface area contributed by atoms with Crippen LogP contribution in [0.1, 0.15) is 288 Å². The van der Waals surface area contributed by atoms with Crippen molar-refractivity contribution in [3.63, 3.8) is 0 Å². The van der Waals surface area contributed by atoms with E-state index in [1.807, 2.05) is 19.3 Å². The Morgan fingerprint density at radius 1 is 0.356 bits per heavy atom. The second-order valence-corrected chi connectivity index (χ2v) is 22.2. The quantitative estimate of drug-likeness (QED) is 0.0348. The maximum atomic E-state index is 7.05. The minimum Gasteiger partial charge on any atom is -0.502 e. The summed E-state index contributed by atoms with van der Waals surface area (Å²) in [6.45, 7) is 28.5. The van der Waals surface area contributed by atoms with Gasteiger partial charge in [0, 0.05) is 5.92 Å². The highest BCUT2D eigenvalue weighted by Crippen LogP contribution is 2.36. The first-order valence-electron chi connectivity index (χ1n) is 26.3. The second kappa shape index (κ2) is 37.9. The lowest BCUT2D eigenvalue weighted by molar-refractivity contribution is -0.407. The summed E-state index contributed by atoms with van der Waals surface area (Å²) in [5, 5.41) is 0. The van der Waals surface area contributed by atoms with E-state index in [9.17, 15) is 0 Å². The van der Waals surface area contributed by atoms with Crippen LogP contribution in [0.3, 0.4) is 0 Å². The third-order valence-electron chi connectivity index (χ3n) is 12.1. The van der Waals surface area contributed by atoms with E-state index in [2.05, 4.69) is 69.2 Å². The zero-order chi connectivity index (χ0) is 44.0. The van der Waals surface area contributed by atoms with Crippen molar-refractivity contribution in [2.45, 2.75) is 294 Å². The molecule has 0 aliphatic rings. The van der Waals surface area contributed by atoms with Gasteiger partial charge >= 0.3 is 0 Å². The van der Waals surface area contributed by atoms with Gasteiger partial charge in [0.25, 0.3) is 5.97 Å². The summed E-state index contributed by atoms with van der Waals surface area (Å²) < 4.78 is 27.0. The maximum absolute atomic E-state index is 7.05. The number of allylic oxidation sites excluding steroid dienone is 1. The second-order valence-electron chi connectivity index (χ2n) is 22.2. The van der Waals surface area contributed by atoms with Crippen molar-refractivity contribution >= 4 is 0 Å². The highest BCUT2D eigenvalue weighted by Gasteiger charge is 2.42. The summed E-state index contributed by atoms with van der Waals surface area (Å²) in [5.74, 6) is -0.756. The summed E-state index contributed by atoms with van der Waals surface area (Å²) in [5.41, 5.74) is 1.37. The van der Waals surface area contributed by atoms with Crippen molar-refractivity contribution in [1.82, 2.24) is 0 Å². The maximum Gasteiger partial charge on any atom is 0.285 e. The van der Waals surface area contributed by atoms with Gasteiger partial charge in [0.15, 0.2) is 0 Å². The van der Waals surface area contributed by atoms with Crippen molar-refractivity contribution in [2.75, 3.05) is 26.4 Å². The number of ether oxygens (including phenoxy) is 4. The minimum absolute atomic E-state index is 0.205. The highest BCUT2D eigenvalue weighted by atomic mass is 16.9. The molecular weight excluding hydrogens is 725 g/mol. The molecule has 0 bridgehead atoms. The minimum atomic E-state index is -0.961. The largest absolute Gasteiger partial charge is 0.502 e. The number of unbranched alkanes of at least 4 members (excludes halogenated alkanes) is 23. The molecule has 0 N–H and O–H groups in total. The van der Waals surface area contributed by atoms with Crippen LogP contribution in [0.15, 0.2) is 12.3 Å². The van der Waals surface area contributed by atoms with Crippen LogP contribution < -0.4 is 0 Å². The summed E-state index contributed by atoms with van der Waals surface area (Å²) in [6, 6.07) is 0. The van der Waals surface area contributed by atoms with E-state index in [1.54, 1.807) is 0 Å². The van der Waals surface area contributed by atoms with Gasteiger partial charge in [-0.05, 0) is 81.0 Å². The van der Waals surface area contributed by atoms with Gasteiger partial charge in [-0.15, -0.1) is 0 Å². The van der Waals surface area contributed by atoms with E-state index in [4.69, 9.17) is 18.9 Å². The molecule has 4 nitrogen and oxygen atoms in total. The van der Waals surface area contributed by atoms with Crippen molar-refractivity contribution in [1.29, 1.82) is 0 Å². The summed E-state index contributed by atoms with van der Waals surface area (Å²) in [4.78, 5) is 0. The molecule has 0 saturated carbocycles. The molecule has 59 heavy (non-hydrogen) atoms. The van der Waals surface area contributed by atoms with Crippen molar-refractivity contribution in [3.05, 3.63) is 12.3 Å². The standard InChI is InChI=1S/C55H110O4/c1-12-14-15-16-26-33-41-51(42-40-47-56-46-13-2)55(57-48-37-30-23-17-20-27-34-43-52(3,4)5,58-49-38-31-24-18-21-28-35-44-53(6,7)8)59-50-39-32-25-19-22-29-36-45-54(9,10)11/h13,46,51H,12,14-45,47-50H2,1-11H3. The molecule has 0 radical (unpaired) electrons. The van der Waals surface area contributed by atoms with Gasteiger partial charge in [-0.25, -0.2) is 0 Å². The molecule has 0 aromatic rings. The van der Waals surface area contributed by atoms with Crippen LogP contribution in [0.25, 0.3) is 0 Å². The molecule has 0 amide bonds. The van der Waals surface area contributed by atoms with E-state index in [1.165, 1.54) is 173 Å². The summed E-state index contributed by atoms with van der Waals surface area (Å²) >= 11 is 0. The Kier molecular flexibility index (Phi) is 37.6. The molecule has 1 atom stereocenters. The molecule has 0 saturated heterocycles. The first kappa shape index (κ1) is 58.4. The summed E-state index contributed by atoms with van der Waals surface area (Å²) in [7, 11) is 0. The first-order valence-corrected chi connectivity index (χ1v) is 26.3. The first-order chi connectivity index (χ1) is 28.1. The molecule has 0 heterocycles. The third-order valence-corrected chi connectivity index (χ3v) is 12.1. The van der Waals surface area contributed by atoms with E-state index >= 15 is 0 Å². The summed E-state index contributed by atoms with van der Waals surface area (Å²) in [6.07, 6.45) is 45.7. The number of rotatable bonds is 43. The SMILES string of the molecule is CC=COCCCC(CCCCCCCC)C(OCCCCCCCCCC(C)(C)C)(OCCCCCCCCCC(C)(C)C)OCCCCCCCCCC(C)(C)C. The van der Waals surface area contributed by atoms with Crippen molar-refractivity contribution in [3.8, 4) is 0 Å². The fourth-order valence-corrected chi connectivity index (χ4v) is 8.29. The molecule has 0 rings (SSSR count). The molecule has 1 unspecified atom stereocenters. The van der Waals surface area contributed by atoms with Crippen molar-refractivity contribution < 1.29 is 18.9 Å². The zero-order valence-corrected chi connectivity index (χ0v) is 42.5. The molecular formula is C55H110O4. The lowest BCUT2D eigenvalue weighted by atomic mass is 9.89. The molecule has 0 aliphatic carbocycles. The fraction of sp³-hybridized carbons (Fsp3) is 0.964. The fourth-order valence-electron chi connectivity index (χ4n) is 8.29. The molecule has 0 spiro atoms. The van der Waals surface area contributed by atoms with Gasteiger partial charge in [-0.2, -0.15) is 0 Å². The van der Waals surface area contributed by atoms with Crippen molar-refractivity contribution in [2.24, 2.45) is 22.2 Å². The van der Waals surface area contributed by atoms with E-state index < -0.39 is 5.97 Å². The van der Waals surface area contributed by atoms with Crippen LogP contribution in [-0.2, 0) is 18.9 Å². The lowest BCUT2D eigenvalue weighted by Gasteiger charge is -2.40. The third kappa shape index (κ3) is 41.2. The highest BCUT2D eigenvalue weighted by molar-refractivity contribution is 4.75. The predicted molar refractivity (Wildman–Crippen MR) is 261 cm³/mol. The molecule has 0 fully saturated rings.